The van der Waals surface area contributed by atoms with E-state index in [4.69, 9.17) is 20.6 Å². The third kappa shape index (κ3) is 4.22. The van der Waals surface area contributed by atoms with Crippen LogP contribution in [0.2, 0.25) is 0 Å². The van der Waals surface area contributed by atoms with E-state index in [1.54, 1.807) is 0 Å². The number of nitrogens with one attached hydrogen (secondary N) is 2. The highest BCUT2D eigenvalue weighted by Gasteiger charge is 2.65. The van der Waals surface area contributed by atoms with E-state index < -0.39 is 53.0 Å². The molecule has 0 spiro atoms. The van der Waals surface area contributed by atoms with Crippen molar-refractivity contribution in [2.45, 2.75) is 37.6 Å². The molecule has 1 fully saturated rings. The summed E-state index contributed by atoms with van der Waals surface area (Å²) in [4.78, 5) is 16.9. The van der Waals surface area contributed by atoms with E-state index >= 15 is 0 Å². The highest BCUT2D eigenvalue weighted by molar-refractivity contribution is 5.98. The fourth-order valence-electron chi connectivity index (χ4n) is 3.91. The van der Waals surface area contributed by atoms with Crippen molar-refractivity contribution in [1.29, 1.82) is 5.41 Å². The Morgan fingerprint density at radius 1 is 1.30 bits per heavy atom. The molecule has 2 heterocycles. The molecule has 0 saturated carbocycles. The predicted molar refractivity (Wildman–Crippen MR) is 108 cm³/mol. The van der Waals surface area contributed by atoms with Crippen LogP contribution in [0.3, 0.4) is 0 Å². The molecule has 1 aliphatic heterocycles. The van der Waals surface area contributed by atoms with Crippen molar-refractivity contribution in [2.24, 2.45) is 11.7 Å². The van der Waals surface area contributed by atoms with Gasteiger partial charge in [-0.25, -0.2) is 4.39 Å². The molecule has 4 N–H and O–H groups in total. The number of amides is 1. The lowest BCUT2D eigenvalue weighted by molar-refractivity contribution is -0.272. The first-order valence-corrected chi connectivity index (χ1v) is 9.69. The lowest BCUT2D eigenvalue weighted by Crippen LogP contribution is -2.47. The zero-order valence-corrected chi connectivity index (χ0v) is 17.8. The van der Waals surface area contributed by atoms with Gasteiger partial charge in [-0.2, -0.15) is 17.6 Å². The molecule has 2 aromatic rings. The van der Waals surface area contributed by atoms with Crippen molar-refractivity contribution in [3.05, 3.63) is 53.4 Å². The number of rotatable bonds is 5. The van der Waals surface area contributed by atoms with E-state index in [0.29, 0.717) is 0 Å². The first kappa shape index (κ1) is 24.4. The van der Waals surface area contributed by atoms with Gasteiger partial charge in [0.1, 0.15) is 17.6 Å². The smallest absolute Gasteiger partial charge is 0.417 e. The summed E-state index contributed by atoms with van der Waals surface area (Å²) in [5.74, 6) is -7.31. The number of carbonyl (C=O) groups is 1. The number of halogens is 5. The number of hydrogen-bond donors (Lipinski definition) is 3. The van der Waals surface area contributed by atoms with Gasteiger partial charge in [0.05, 0.1) is 7.11 Å². The highest BCUT2D eigenvalue weighted by atomic mass is 19.4. The number of anilines is 1. The Bertz CT molecular complexity index is 1090. The van der Waals surface area contributed by atoms with E-state index in [0.717, 1.165) is 26.2 Å². The van der Waals surface area contributed by atoms with Crippen LogP contribution in [0.15, 0.2) is 30.5 Å². The number of carbonyl (C=O) groups excluding carboxylic acids is 1. The maximum absolute atomic E-state index is 14.4. The Hall–Kier alpha value is -3.28. The van der Waals surface area contributed by atoms with Crippen LogP contribution < -0.4 is 15.8 Å². The molecule has 1 aromatic heterocycles. The zero-order chi connectivity index (χ0) is 24.7. The molecule has 33 heavy (non-hydrogen) atoms. The lowest BCUT2D eigenvalue weighted by atomic mass is 9.77. The summed E-state index contributed by atoms with van der Waals surface area (Å²) < 4.78 is 80.2. The summed E-state index contributed by atoms with van der Waals surface area (Å²) in [6, 6.07) is 4.43. The monoisotopic (exact) mass is 472 g/mol. The van der Waals surface area contributed by atoms with Crippen molar-refractivity contribution < 1.29 is 36.2 Å². The summed E-state index contributed by atoms with van der Waals surface area (Å²) in [5, 5.41) is 9.85. The molecular weight excluding hydrogens is 451 g/mol. The number of hydrogen-bond acceptors (Lipinski definition) is 5. The minimum atomic E-state index is -4.87. The van der Waals surface area contributed by atoms with Crippen molar-refractivity contribution in [3.63, 3.8) is 0 Å². The zero-order valence-electron chi connectivity index (χ0n) is 17.8. The van der Waals surface area contributed by atoms with Gasteiger partial charge in [-0.15, -0.1) is 0 Å². The molecular formula is C21H21F5N4O3. The number of amidine groups is 1. The number of methoxy groups -OCH3 is 1. The summed E-state index contributed by atoms with van der Waals surface area (Å²) in [7, 11) is 1.04. The number of aromatic nitrogens is 1. The van der Waals surface area contributed by atoms with Crippen LogP contribution in [0.4, 0.5) is 27.6 Å². The van der Waals surface area contributed by atoms with Gasteiger partial charge in [0.15, 0.2) is 17.2 Å². The van der Waals surface area contributed by atoms with Crippen LogP contribution in [0.1, 0.15) is 31.0 Å². The summed E-state index contributed by atoms with van der Waals surface area (Å²) in [6.45, 7) is 2.01. The molecule has 1 aromatic carbocycles. The summed E-state index contributed by atoms with van der Waals surface area (Å²) in [5.41, 5.74) is 2.60. The third-order valence-electron chi connectivity index (χ3n) is 5.87. The van der Waals surface area contributed by atoms with Crippen LogP contribution in [0.25, 0.3) is 0 Å². The van der Waals surface area contributed by atoms with Gasteiger partial charge in [-0.3, -0.25) is 15.2 Å². The van der Waals surface area contributed by atoms with E-state index in [2.05, 4.69) is 10.3 Å². The van der Waals surface area contributed by atoms with E-state index in [1.807, 2.05) is 0 Å². The molecule has 12 heteroatoms. The molecule has 1 aliphatic rings. The number of nitrogen functional groups attached to an aromatic ring is 1. The van der Waals surface area contributed by atoms with E-state index in [-0.39, 0.29) is 22.8 Å². The first-order chi connectivity index (χ1) is 15.3. The number of ether oxygens (including phenoxy) is 2. The second-order valence-electron chi connectivity index (χ2n) is 7.77. The normalized spacial score (nSPS) is 25.0. The maximum atomic E-state index is 14.4. The topological polar surface area (TPSA) is 110 Å². The molecule has 178 valence electrons. The van der Waals surface area contributed by atoms with Gasteiger partial charge in [0.2, 0.25) is 5.82 Å². The first-order valence-electron chi connectivity index (χ1n) is 9.69. The summed E-state index contributed by atoms with van der Waals surface area (Å²) >= 11 is 0. The van der Waals surface area contributed by atoms with Crippen molar-refractivity contribution in [1.82, 2.24) is 4.98 Å². The largest absolute Gasteiger partial charge is 0.493 e. The van der Waals surface area contributed by atoms with Gasteiger partial charge in [0, 0.05) is 29.3 Å². The fraction of sp³-hybridized carbons (Fsp3) is 0.381. The minimum Gasteiger partial charge on any atom is -0.493 e. The molecule has 4 atom stereocenters. The quantitative estimate of drug-likeness (QED) is 0.349. The molecule has 3 rings (SSSR count). The minimum absolute atomic E-state index is 0.0347. The SMILES string of the molecule is COc1c([C@H]2[C@H](C(=O)Nc3ccnc(C(=N)N)c3)O[C@@](C)(C(F)(F)F)[C@H]2C)ccc(F)c1F. The van der Waals surface area contributed by atoms with Crippen molar-refractivity contribution in [2.75, 3.05) is 12.4 Å². The molecule has 0 aliphatic carbocycles. The average molecular weight is 472 g/mol. The Balaban J connectivity index is 2.07. The maximum Gasteiger partial charge on any atom is 0.417 e. The molecule has 0 bridgehead atoms. The van der Waals surface area contributed by atoms with Gasteiger partial charge < -0.3 is 20.5 Å². The van der Waals surface area contributed by atoms with Crippen molar-refractivity contribution >= 4 is 17.4 Å². The molecule has 0 unspecified atom stereocenters. The standard InChI is InChI=1S/C21H21F5N4O3/c1-9-14(11-4-5-12(22)15(23)16(11)32-3)17(33-20(9,2)21(24,25)26)19(31)30-10-6-7-29-13(8-10)18(27)28/h4-9,14,17H,1-3H3,(H3,27,28)(H,29,30,31)/t9-,14-,17+,20+/m0/s1. The second-order valence-corrected chi connectivity index (χ2v) is 7.77. The van der Waals surface area contributed by atoms with Crippen LogP contribution in [0, 0.1) is 23.0 Å². The van der Waals surface area contributed by atoms with Gasteiger partial charge in [0.25, 0.3) is 5.91 Å². The van der Waals surface area contributed by atoms with E-state index in [9.17, 15) is 26.7 Å². The van der Waals surface area contributed by atoms with Gasteiger partial charge in [-0.05, 0) is 25.1 Å². The molecule has 1 amide bonds. The van der Waals surface area contributed by atoms with Gasteiger partial charge in [-0.1, -0.05) is 13.0 Å². The number of pyridine rings is 1. The van der Waals surface area contributed by atoms with Crippen LogP contribution in [-0.4, -0.2) is 41.7 Å². The Morgan fingerprint density at radius 3 is 2.55 bits per heavy atom. The summed E-state index contributed by atoms with van der Waals surface area (Å²) in [6.07, 6.45) is -5.36. The number of alkyl halides is 3. The Labute approximate surface area is 185 Å². The number of nitrogens with zero attached hydrogens (tertiary/aromatic N) is 1. The van der Waals surface area contributed by atoms with Crippen molar-refractivity contribution in [3.8, 4) is 5.75 Å². The lowest BCUT2D eigenvalue weighted by Gasteiger charge is -2.32. The second kappa shape index (κ2) is 8.58. The van der Waals surface area contributed by atoms with Crippen LogP contribution in [-0.2, 0) is 9.53 Å². The highest BCUT2D eigenvalue weighted by Crippen LogP contribution is 2.55. The predicted octanol–water partition coefficient (Wildman–Crippen LogP) is 3.73. The molecule has 0 radical (unpaired) electrons. The van der Waals surface area contributed by atoms with E-state index in [1.165, 1.54) is 25.3 Å². The third-order valence-corrected chi connectivity index (χ3v) is 5.87. The van der Waals surface area contributed by atoms with Gasteiger partial charge >= 0.3 is 6.18 Å². The number of benzene rings is 1. The fourth-order valence-corrected chi connectivity index (χ4v) is 3.91. The molecule has 1 saturated heterocycles. The Morgan fingerprint density at radius 2 is 1.97 bits per heavy atom. The number of nitrogens with two attached hydrogens (primary N) is 1. The Kier molecular flexibility index (Phi) is 6.33. The van der Waals surface area contributed by atoms with Crippen LogP contribution >= 0.6 is 0 Å². The molecule has 7 nitrogen and oxygen atoms in total. The average Bonchev–Trinajstić information content (AvgIpc) is 3.02. The van der Waals surface area contributed by atoms with Crippen LogP contribution in [0.5, 0.6) is 5.75 Å².